The second-order valence-corrected chi connectivity index (χ2v) is 5.32. The van der Waals surface area contributed by atoms with Gasteiger partial charge in [-0.2, -0.15) is 0 Å². The van der Waals surface area contributed by atoms with Crippen LogP contribution in [0.4, 0.5) is 0 Å². The number of hydrogen-bond donors (Lipinski definition) is 0. The van der Waals surface area contributed by atoms with Crippen molar-refractivity contribution in [2.75, 3.05) is 32.7 Å². The van der Waals surface area contributed by atoms with Gasteiger partial charge >= 0.3 is 0 Å². The van der Waals surface area contributed by atoms with Gasteiger partial charge in [0, 0.05) is 39.6 Å². The van der Waals surface area contributed by atoms with Gasteiger partial charge in [-0.25, -0.2) is 0 Å². The van der Waals surface area contributed by atoms with E-state index < -0.39 is 0 Å². The number of hydrogen-bond acceptors (Lipinski definition) is 2. The zero-order valence-electron chi connectivity index (χ0n) is 12.0. The Bertz CT molecular complexity index is 396. The third kappa shape index (κ3) is 3.80. The number of benzene rings is 1. The molecule has 0 spiro atoms. The number of carbonyl (C=O) groups excluding carboxylic acids is 1. The molecule has 0 radical (unpaired) electrons. The molecule has 1 saturated heterocycles. The monoisotopic (exact) mass is 260 g/mol. The van der Waals surface area contributed by atoms with Crippen LogP contribution >= 0.6 is 0 Å². The first-order valence-electron chi connectivity index (χ1n) is 7.23. The topological polar surface area (TPSA) is 23.6 Å². The molecular weight excluding hydrogens is 236 g/mol. The fourth-order valence-electron chi connectivity index (χ4n) is 2.75. The first-order chi connectivity index (χ1) is 9.20. The molecule has 0 unspecified atom stereocenters. The minimum absolute atomic E-state index is 0.203. The lowest BCUT2D eigenvalue weighted by atomic mass is 9.96. The van der Waals surface area contributed by atoms with Crippen molar-refractivity contribution >= 4 is 5.91 Å². The molecule has 1 aliphatic rings. The minimum atomic E-state index is 0.203. The fraction of sp³-hybridized carbons (Fsp3) is 0.562. The zero-order valence-corrected chi connectivity index (χ0v) is 12.0. The number of carbonyl (C=O) groups is 1. The molecule has 2 rings (SSSR count). The third-order valence-corrected chi connectivity index (χ3v) is 4.06. The lowest BCUT2D eigenvalue weighted by molar-refractivity contribution is -0.130. The second kappa shape index (κ2) is 6.71. The van der Waals surface area contributed by atoms with Crippen LogP contribution in [0.5, 0.6) is 0 Å². The molecule has 0 aliphatic carbocycles. The Hall–Kier alpha value is -1.35. The van der Waals surface area contributed by atoms with Gasteiger partial charge in [-0.15, -0.1) is 0 Å². The van der Waals surface area contributed by atoms with Crippen LogP contribution < -0.4 is 0 Å². The summed E-state index contributed by atoms with van der Waals surface area (Å²) in [4.78, 5) is 15.7. The standard InChI is InChI=1S/C16H24N2O/c1-3-15(16-7-5-4-6-8-16)13-17-9-11-18(12-10-17)14(2)19/h4-8,15H,3,9-13H2,1-2H3/t15-/m1/s1. The Kier molecular flexibility index (Phi) is 4.97. The predicted octanol–water partition coefficient (Wildman–Crippen LogP) is 2.34. The van der Waals surface area contributed by atoms with Gasteiger partial charge in [0.15, 0.2) is 0 Å². The molecule has 1 aromatic carbocycles. The van der Waals surface area contributed by atoms with Crippen LogP contribution in [0.3, 0.4) is 0 Å². The van der Waals surface area contributed by atoms with E-state index in [9.17, 15) is 4.79 Å². The van der Waals surface area contributed by atoms with E-state index in [2.05, 4.69) is 42.2 Å². The molecule has 1 aromatic rings. The minimum Gasteiger partial charge on any atom is -0.340 e. The summed E-state index contributed by atoms with van der Waals surface area (Å²) in [6, 6.07) is 10.7. The molecule has 1 aliphatic heterocycles. The van der Waals surface area contributed by atoms with E-state index in [1.807, 2.05) is 4.90 Å². The Labute approximate surface area is 116 Å². The van der Waals surface area contributed by atoms with Gasteiger partial charge < -0.3 is 4.90 Å². The summed E-state index contributed by atoms with van der Waals surface area (Å²) in [6.07, 6.45) is 1.16. The highest BCUT2D eigenvalue weighted by Crippen LogP contribution is 2.21. The molecule has 1 atom stereocenters. The van der Waals surface area contributed by atoms with Crippen molar-refractivity contribution in [1.29, 1.82) is 0 Å². The van der Waals surface area contributed by atoms with Crippen LogP contribution in [-0.2, 0) is 4.79 Å². The summed E-state index contributed by atoms with van der Waals surface area (Å²) in [5.41, 5.74) is 1.43. The van der Waals surface area contributed by atoms with Crippen molar-refractivity contribution in [1.82, 2.24) is 9.80 Å². The van der Waals surface area contributed by atoms with Gasteiger partial charge in [-0.1, -0.05) is 37.3 Å². The molecule has 3 nitrogen and oxygen atoms in total. The molecule has 0 bridgehead atoms. The fourth-order valence-corrected chi connectivity index (χ4v) is 2.75. The maximum absolute atomic E-state index is 11.3. The second-order valence-electron chi connectivity index (χ2n) is 5.32. The van der Waals surface area contributed by atoms with E-state index in [0.717, 1.165) is 39.1 Å². The summed E-state index contributed by atoms with van der Waals surface area (Å²) in [6.45, 7) is 8.77. The van der Waals surface area contributed by atoms with Crippen LogP contribution in [-0.4, -0.2) is 48.4 Å². The van der Waals surface area contributed by atoms with Gasteiger partial charge in [0.05, 0.1) is 0 Å². The molecule has 1 amide bonds. The molecule has 1 heterocycles. The molecule has 0 aromatic heterocycles. The summed E-state index contributed by atoms with van der Waals surface area (Å²) in [5.74, 6) is 0.805. The predicted molar refractivity (Wildman–Crippen MR) is 78.2 cm³/mol. The molecule has 104 valence electrons. The average Bonchev–Trinajstić information content (AvgIpc) is 2.46. The molecule has 3 heteroatoms. The lowest BCUT2D eigenvalue weighted by Crippen LogP contribution is -2.48. The number of piperazine rings is 1. The first kappa shape index (κ1) is 14.1. The molecule has 19 heavy (non-hydrogen) atoms. The van der Waals surface area contributed by atoms with Crippen LogP contribution in [0.2, 0.25) is 0 Å². The van der Waals surface area contributed by atoms with E-state index in [1.165, 1.54) is 5.56 Å². The van der Waals surface area contributed by atoms with Crippen molar-refractivity contribution < 1.29 is 4.79 Å². The van der Waals surface area contributed by atoms with Crippen molar-refractivity contribution in [3.63, 3.8) is 0 Å². The van der Waals surface area contributed by atoms with E-state index in [4.69, 9.17) is 0 Å². The van der Waals surface area contributed by atoms with Crippen LogP contribution in [0.1, 0.15) is 31.7 Å². The molecule has 0 saturated carbocycles. The summed E-state index contributed by atoms with van der Waals surface area (Å²) in [5, 5.41) is 0. The van der Waals surface area contributed by atoms with Crippen LogP contribution in [0.25, 0.3) is 0 Å². The summed E-state index contributed by atoms with van der Waals surface area (Å²) >= 11 is 0. The number of amides is 1. The highest BCUT2D eigenvalue weighted by atomic mass is 16.2. The Morgan fingerprint density at radius 2 is 1.79 bits per heavy atom. The van der Waals surface area contributed by atoms with E-state index in [1.54, 1.807) is 6.92 Å². The van der Waals surface area contributed by atoms with Crippen molar-refractivity contribution in [2.24, 2.45) is 0 Å². The van der Waals surface area contributed by atoms with Crippen molar-refractivity contribution in [3.05, 3.63) is 35.9 Å². The van der Waals surface area contributed by atoms with E-state index in [-0.39, 0.29) is 5.91 Å². The third-order valence-electron chi connectivity index (χ3n) is 4.06. The van der Waals surface area contributed by atoms with Gasteiger partial charge in [0.1, 0.15) is 0 Å². The zero-order chi connectivity index (χ0) is 13.7. The quantitative estimate of drug-likeness (QED) is 0.829. The summed E-state index contributed by atoms with van der Waals surface area (Å²) in [7, 11) is 0. The Morgan fingerprint density at radius 3 is 2.32 bits per heavy atom. The maximum atomic E-state index is 11.3. The average molecular weight is 260 g/mol. The number of nitrogens with zero attached hydrogens (tertiary/aromatic N) is 2. The van der Waals surface area contributed by atoms with E-state index >= 15 is 0 Å². The first-order valence-corrected chi connectivity index (χ1v) is 7.23. The molecule has 0 N–H and O–H groups in total. The number of rotatable bonds is 4. The highest BCUT2D eigenvalue weighted by molar-refractivity contribution is 5.73. The Balaban J connectivity index is 1.89. The molecular formula is C16H24N2O. The van der Waals surface area contributed by atoms with Gasteiger partial charge in [0.2, 0.25) is 5.91 Å². The van der Waals surface area contributed by atoms with E-state index in [0.29, 0.717) is 5.92 Å². The van der Waals surface area contributed by atoms with Crippen molar-refractivity contribution in [2.45, 2.75) is 26.2 Å². The highest BCUT2D eigenvalue weighted by Gasteiger charge is 2.21. The largest absolute Gasteiger partial charge is 0.340 e. The Morgan fingerprint density at radius 1 is 1.16 bits per heavy atom. The van der Waals surface area contributed by atoms with Crippen molar-refractivity contribution in [3.8, 4) is 0 Å². The van der Waals surface area contributed by atoms with Gasteiger partial charge in [-0.05, 0) is 17.9 Å². The van der Waals surface area contributed by atoms with Crippen LogP contribution in [0, 0.1) is 0 Å². The maximum Gasteiger partial charge on any atom is 0.219 e. The van der Waals surface area contributed by atoms with Gasteiger partial charge in [0.25, 0.3) is 0 Å². The lowest BCUT2D eigenvalue weighted by Gasteiger charge is -2.36. The summed E-state index contributed by atoms with van der Waals surface area (Å²) < 4.78 is 0. The SMILES string of the molecule is CC[C@H](CN1CCN(C(C)=O)CC1)c1ccccc1. The van der Waals surface area contributed by atoms with Crippen LogP contribution in [0.15, 0.2) is 30.3 Å². The normalized spacial score (nSPS) is 18.3. The molecule has 1 fully saturated rings. The smallest absolute Gasteiger partial charge is 0.219 e. The van der Waals surface area contributed by atoms with Gasteiger partial charge in [-0.3, -0.25) is 9.69 Å².